The first kappa shape index (κ1) is 27.0. The second kappa shape index (κ2) is 11.2. The fraction of sp³-hybridized carbons (Fsp3) is 0.207. The van der Waals surface area contributed by atoms with Gasteiger partial charge in [-0.25, -0.2) is 22.8 Å². The van der Waals surface area contributed by atoms with E-state index in [4.69, 9.17) is 0 Å². The highest BCUT2D eigenvalue weighted by Gasteiger charge is 2.27. The predicted octanol–water partition coefficient (Wildman–Crippen LogP) is 6.17. The number of likely N-dealkylation sites (tertiary alicyclic amines) is 1. The molecule has 1 amide bonds. The SMILES string of the molecule is Cc1ccc(Br)c(NS(=O)(=O)c2cccc(C(=O)N3CCC(c4nccc(-c5cccc(F)c5)n4)CC3)c2)c1. The summed E-state index contributed by atoms with van der Waals surface area (Å²) < 4.78 is 43.0. The molecule has 1 aromatic heterocycles. The van der Waals surface area contributed by atoms with E-state index in [0.717, 1.165) is 5.56 Å². The lowest BCUT2D eigenvalue weighted by Crippen LogP contribution is -2.38. The number of rotatable bonds is 6. The maximum absolute atomic E-state index is 13.7. The second-order valence-corrected chi connectivity index (χ2v) is 12.0. The van der Waals surface area contributed by atoms with Gasteiger partial charge < -0.3 is 4.90 Å². The van der Waals surface area contributed by atoms with Crippen LogP contribution in [0.15, 0.2) is 88.4 Å². The van der Waals surface area contributed by atoms with E-state index in [2.05, 4.69) is 30.6 Å². The summed E-state index contributed by atoms with van der Waals surface area (Å²) in [5.74, 6) is 0.184. The van der Waals surface area contributed by atoms with Crippen molar-refractivity contribution in [1.29, 1.82) is 0 Å². The Labute approximate surface area is 235 Å². The van der Waals surface area contributed by atoms with Crippen molar-refractivity contribution in [3.05, 3.63) is 106 Å². The van der Waals surface area contributed by atoms with Gasteiger partial charge in [-0.1, -0.05) is 24.3 Å². The largest absolute Gasteiger partial charge is 0.339 e. The van der Waals surface area contributed by atoms with Crippen molar-refractivity contribution in [1.82, 2.24) is 14.9 Å². The molecule has 0 saturated carbocycles. The first-order valence-electron chi connectivity index (χ1n) is 12.5. The molecule has 200 valence electrons. The molecule has 0 bridgehead atoms. The number of carbonyl (C=O) groups is 1. The number of halogens is 2. The number of benzene rings is 3. The van der Waals surface area contributed by atoms with Gasteiger partial charge in [0.2, 0.25) is 0 Å². The van der Waals surface area contributed by atoms with Gasteiger partial charge in [0.05, 0.1) is 16.3 Å². The maximum atomic E-state index is 13.7. The molecule has 0 radical (unpaired) electrons. The second-order valence-electron chi connectivity index (χ2n) is 9.49. The number of aromatic nitrogens is 2. The Hall–Kier alpha value is -3.63. The quantitative estimate of drug-likeness (QED) is 0.282. The number of sulfonamides is 1. The zero-order valence-corrected chi connectivity index (χ0v) is 23.5. The Kier molecular flexibility index (Phi) is 7.76. The number of hydrogen-bond donors (Lipinski definition) is 1. The monoisotopic (exact) mass is 608 g/mol. The summed E-state index contributed by atoms with van der Waals surface area (Å²) in [4.78, 5) is 24.1. The molecule has 4 aromatic rings. The fourth-order valence-electron chi connectivity index (χ4n) is 4.62. The zero-order chi connectivity index (χ0) is 27.6. The van der Waals surface area contributed by atoms with Gasteiger partial charge >= 0.3 is 0 Å². The van der Waals surface area contributed by atoms with Gasteiger partial charge in [-0.2, -0.15) is 0 Å². The average molecular weight is 610 g/mol. The molecular formula is C29H26BrFN4O3S. The summed E-state index contributed by atoms with van der Waals surface area (Å²) in [6.07, 6.45) is 3.01. The summed E-state index contributed by atoms with van der Waals surface area (Å²) >= 11 is 3.37. The van der Waals surface area contributed by atoms with Crippen molar-refractivity contribution in [2.75, 3.05) is 17.8 Å². The molecule has 3 aromatic carbocycles. The molecule has 7 nitrogen and oxygen atoms in total. The van der Waals surface area contributed by atoms with Crippen LogP contribution in [0.25, 0.3) is 11.3 Å². The molecule has 1 saturated heterocycles. The highest BCUT2D eigenvalue weighted by Crippen LogP contribution is 2.29. The first-order chi connectivity index (χ1) is 18.7. The van der Waals surface area contributed by atoms with Crippen molar-refractivity contribution in [2.24, 2.45) is 0 Å². The molecule has 5 rings (SSSR count). The van der Waals surface area contributed by atoms with Crippen LogP contribution in [-0.4, -0.2) is 42.3 Å². The lowest BCUT2D eigenvalue weighted by atomic mass is 9.95. The van der Waals surface area contributed by atoms with Crippen LogP contribution in [0.4, 0.5) is 10.1 Å². The molecule has 1 N–H and O–H groups in total. The fourth-order valence-corrected chi connectivity index (χ4v) is 6.21. The standard InChI is InChI=1S/C29H26BrFN4O3S/c1-19-8-9-25(30)27(16-19)34-39(37,38)24-7-3-5-22(18-24)29(36)35-14-11-20(12-15-35)28-32-13-10-26(33-28)21-4-2-6-23(31)17-21/h2-10,13,16-18,20,34H,11-12,14-15H2,1H3. The van der Waals surface area contributed by atoms with Crippen molar-refractivity contribution in [3.63, 3.8) is 0 Å². The van der Waals surface area contributed by atoms with Crippen LogP contribution < -0.4 is 4.72 Å². The molecule has 0 spiro atoms. The molecule has 0 atom stereocenters. The van der Waals surface area contributed by atoms with Gasteiger partial charge in [-0.3, -0.25) is 9.52 Å². The number of hydrogen-bond acceptors (Lipinski definition) is 5. The van der Waals surface area contributed by atoms with Gasteiger partial charge in [0.15, 0.2) is 0 Å². The average Bonchev–Trinajstić information content (AvgIpc) is 2.95. The van der Waals surface area contributed by atoms with E-state index in [-0.39, 0.29) is 22.5 Å². The molecule has 1 aliphatic heterocycles. The molecule has 2 heterocycles. The normalized spacial score (nSPS) is 14.3. The van der Waals surface area contributed by atoms with E-state index in [0.29, 0.717) is 58.7 Å². The number of nitrogens with one attached hydrogen (secondary N) is 1. The van der Waals surface area contributed by atoms with Gasteiger partial charge in [-0.15, -0.1) is 0 Å². The van der Waals surface area contributed by atoms with E-state index < -0.39 is 10.0 Å². The minimum Gasteiger partial charge on any atom is -0.339 e. The van der Waals surface area contributed by atoms with Crippen LogP contribution in [0.1, 0.15) is 40.5 Å². The van der Waals surface area contributed by atoms with Crippen molar-refractivity contribution >= 4 is 37.5 Å². The predicted molar refractivity (Wildman–Crippen MR) is 151 cm³/mol. The Morgan fingerprint density at radius 3 is 2.56 bits per heavy atom. The van der Waals surface area contributed by atoms with Crippen molar-refractivity contribution < 1.29 is 17.6 Å². The molecule has 1 aliphatic rings. The smallest absolute Gasteiger partial charge is 0.261 e. The summed E-state index contributed by atoms with van der Waals surface area (Å²) in [5, 5.41) is 0. The summed E-state index contributed by atoms with van der Waals surface area (Å²) in [5.41, 5.74) is 2.99. The third-order valence-electron chi connectivity index (χ3n) is 6.70. The Morgan fingerprint density at radius 1 is 1.03 bits per heavy atom. The molecule has 39 heavy (non-hydrogen) atoms. The zero-order valence-electron chi connectivity index (χ0n) is 21.1. The van der Waals surface area contributed by atoms with E-state index in [1.807, 2.05) is 13.0 Å². The van der Waals surface area contributed by atoms with Crippen molar-refractivity contribution in [3.8, 4) is 11.3 Å². The number of anilines is 1. The Balaban J connectivity index is 1.27. The van der Waals surface area contributed by atoms with E-state index in [1.54, 1.807) is 53.6 Å². The lowest BCUT2D eigenvalue weighted by molar-refractivity contribution is 0.0711. The Bertz CT molecular complexity index is 1640. The van der Waals surface area contributed by atoms with Gasteiger partial charge in [0.1, 0.15) is 11.6 Å². The van der Waals surface area contributed by atoms with E-state index in [9.17, 15) is 17.6 Å². The van der Waals surface area contributed by atoms with Crippen molar-refractivity contribution in [2.45, 2.75) is 30.6 Å². The number of piperidine rings is 1. The van der Waals surface area contributed by atoms with Crippen LogP contribution >= 0.6 is 15.9 Å². The molecular weight excluding hydrogens is 583 g/mol. The van der Waals surface area contributed by atoms with E-state index >= 15 is 0 Å². The van der Waals surface area contributed by atoms with Crippen LogP contribution in [-0.2, 0) is 10.0 Å². The van der Waals surface area contributed by atoms with Crippen LogP contribution in [0.5, 0.6) is 0 Å². The van der Waals surface area contributed by atoms with Crippen LogP contribution in [0, 0.1) is 12.7 Å². The number of aryl methyl sites for hydroxylation is 1. The first-order valence-corrected chi connectivity index (χ1v) is 14.7. The minimum atomic E-state index is -3.90. The summed E-state index contributed by atoms with van der Waals surface area (Å²) in [7, 11) is -3.90. The third-order valence-corrected chi connectivity index (χ3v) is 8.75. The third kappa shape index (κ3) is 6.17. The topological polar surface area (TPSA) is 92.3 Å². The minimum absolute atomic E-state index is 0.0132. The highest BCUT2D eigenvalue weighted by atomic mass is 79.9. The van der Waals surface area contributed by atoms with Gasteiger partial charge in [0.25, 0.3) is 15.9 Å². The summed E-state index contributed by atoms with van der Waals surface area (Å²) in [6.45, 7) is 2.85. The van der Waals surface area contributed by atoms with Gasteiger partial charge in [0, 0.05) is 40.8 Å². The molecule has 10 heteroatoms. The number of carbonyl (C=O) groups excluding carboxylic acids is 1. The molecule has 0 unspecified atom stereocenters. The summed E-state index contributed by atoms with van der Waals surface area (Å²) in [6, 6.07) is 19.5. The van der Waals surface area contributed by atoms with E-state index in [1.165, 1.54) is 24.3 Å². The lowest BCUT2D eigenvalue weighted by Gasteiger charge is -2.31. The van der Waals surface area contributed by atoms with Crippen LogP contribution in [0.2, 0.25) is 0 Å². The number of nitrogens with zero attached hydrogens (tertiary/aromatic N) is 3. The highest BCUT2D eigenvalue weighted by molar-refractivity contribution is 9.10. The Morgan fingerprint density at radius 2 is 1.79 bits per heavy atom. The molecule has 1 fully saturated rings. The van der Waals surface area contributed by atoms with Crippen LogP contribution in [0.3, 0.4) is 0 Å². The molecule has 0 aliphatic carbocycles. The number of amides is 1. The van der Waals surface area contributed by atoms with Gasteiger partial charge in [-0.05, 0) is 89.8 Å². The maximum Gasteiger partial charge on any atom is 0.261 e.